The molecule has 1 amide bonds. The number of carbonyl (C=O) groups is 2. The van der Waals surface area contributed by atoms with Crippen LogP contribution in [-0.2, 0) is 14.3 Å². The lowest BCUT2D eigenvalue weighted by molar-refractivity contribution is -0.384. The van der Waals surface area contributed by atoms with Crippen molar-refractivity contribution < 1.29 is 19.2 Å². The van der Waals surface area contributed by atoms with Gasteiger partial charge in [0.2, 0.25) is 5.91 Å². The van der Waals surface area contributed by atoms with Crippen LogP contribution in [0.1, 0.15) is 13.3 Å². The van der Waals surface area contributed by atoms with Crippen LogP contribution in [0.15, 0.2) is 24.3 Å². The molecular weight excluding hydrogens is 290 g/mol. The molecule has 1 aliphatic heterocycles. The number of amides is 1. The van der Waals surface area contributed by atoms with Gasteiger partial charge in [-0.3, -0.25) is 24.6 Å². The first-order valence-corrected chi connectivity index (χ1v) is 6.96. The zero-order valence-corrected chi connectivity index (χ0v) is 12.2. The number of ether oxygens (including phenoxy) is 1. The first kappa shape index (κ1) is 15.9. The third-order valence-corrected chi connectivity index (χ3v) is 3.48. The van der Waals surface area contributed by atoms with Gasteiger partial charge < -0.3 is 10.1 Å². The number of non-ortho nitro benzene ring substituents is 1. The fourth-order valence-corrected chi connectivity index (χ4v) is 2.31. The largest absolute Gasteiger partial charge is 0.463 e. The summed E-state index contributed by atoms with van der Waals surface area (Å²) in [5, 5.41) is 13.2. The molecule has 1 aliphatic rings. The molecule has 118 valence electrons. The van der Waals surface area contributed by atoms with E-state index in [1.165, 1.54) is 24.3 Å². The molecule has 0 radical (unpaired) electrons. The number of hydrogen-bond donors (Lipinski definition) is 1. The molecule has 0 bridgehead atoms. The standard InChI is InChI=1S/C14H17N3O5/c1-2-16-7-8-22-14(19)12(16)9-13(18)15-10-3-5-11(6-4-10)17(20)21/h3-6,12H,2,7-9H2,1H3,(H,15,18)/t12-/m1/s1. The maximum atomic E-state index is 12.0. The van der Waals surface area contributed by atoms with Gasteiger partial charge in [0.1, 0.15) is 12.6 Å². The van der Waals surface area contributed by atoms with Gasteiger partial charge in [0.05, 0.1) is 11.3 Å². The van der Waals surface area contributed by atoms with Crippen molar-refractivity contribution >= 4 is 23.3 Å². The Balaban J connectivity index is 1.96. The molecule has 1 fully saturated rings. The number of hydrogen-bond acceptors (Lipinski definition) is 6. The van der Waals surface area contributed by atoms with Gasteiger partial charge in [0, 0.05) is 24.4 Å². The van der Waals surface area contributed by atoms with E-state index >= 15 is 0 Å². The Kier molecular flexibility index (Phi) is 5.05. The van der Waals surface area contributed by atoms with Crippen molar-refractivity contribution in [1.82, 2.24) is 4.90 Å². The molecule has 0 saturated carbocycles. The van der Waals surface area contributed by atoms with Crippen LogP contribution in [0, 0.1) is 10.1 Å². The fraction of sp³-hybridized carbons (Fsp3) is 0.429. The van der Waals surface area contributed by atoms with Gasteiger partial charge in [-0.1, -0.05) is 6.92 Å². The number of benzene rings is 1. The number of cyclic esters (lactones) is 1. The zero-order chi connectivity index (χ0) is 16.1. The summed E-state index contributed by atoms with van der Waals surface area (Å²) in [6.07, 6.45) is -0.0103. The third kappa shape index (κ3) is 3.79. The van der Waals surface area contributed by atoms with Gasteiger partial charge in [0.25, 0.3) is 5.69 Å². The maximum Gasteiger partial charge on any atom is 0.323 e. The summed E-state index contributed by atoms with van der Waals surface area (Å²) in [5.41, 5.74) is 0.397. The first-order valence-electron chi connectivity index (χ1n) is 6.96. The van der Waals surface area contributed by atoms with Gasteiger partial charge in [0.15, 0.2) is 0 Å². The number of likely N-dealkylation sites (N-methyl/N-ethyl adjacent to an activating group) is 1. The van der Waals surface area contributed by atoms with Gasteiger partial charge in [-0.05, 0) is 18.7 Å². The molecule has 8 nitrogen and oxygen atoms in total. The Morgan fingerprint density at radius 1 is 1.45 bits per heavy atom. The van der Waals surface area contributed by atoms with Crippen molar-refractivity contribution in [1.29, 1.82) is 0 Å². The van der Waals surface area contributed by atoms with E-state index in [4.69, 9.17) is 4.74 Å². The lowest BCUT2D eigenvalue weighted by Crippen LogP contribution is -2.50. The second-order valence-electron chi connectivity index (χ2n) is 4.87. The molecule has 0 aliphatic carbocycles. The molecule has 2 rings (SSSR count). The van der Waals surface area contributed by atoms with Gasteiger partial charge in [-0.2, -0.15) is 0 Å². The van der Waals surface area contributed by atoms with Crippen LogP contribution >= 0.6 is 0 Å². The number of anilines is 1. The lowest BCUT2D eigenvalue weighted by Gasteiger charge is -2.32. The number of rotatable bonds is 5. The number of nitrogens with zero attached hydrogens (tertiary/aromatic N) is 2. The molecule has 1 atom stereocenters. The minimum atomic E-state index is -0.586. The summed E-state index contributed by atoms with van der Waals surface area (Å²) < 4.78 is 4.98. The predicted molar refractivity (Wildman–Crippen MR) is 78.3 cm³/mol. The second-order valence-corrected chi connectivity index (χ2v) is 4.87. The number of nitrogens with one attached hydrogen (secondary N) is 1. The van der Waals surface area contributed by atoms with Crippen molar-refractivity contribution in [2.24, 2.45) is 0 Å². The minimum Gasteiger partial charge on any atom is -0.463 e. The van der Waals surface area contributed by atoms with Crippen LogP contribution in [0.5, 0.6) is 0 Å². The average molecular weight is 307 g/mol. The smallest absolute Gasteiger partial charge is 0.323 e. The zero-order valence-electron chi connectivity index (χ0n) is 12.2. The first-order chi connectivity index (χ1) is 10.5. The normalized spacial score (nSPS) is 18.6. The monoisotopic (exact) mass is 307 g/mol. The van der Waals surface area contributed by atoms with E-state index in [9.17, 15) is 19.7 Å². The van der Waals surface area contributed by atoms with Crippen LogP contribution in [0.3, 0.4) is 0 Å². The van der Waals surface area contributed by atoms with Crippen molar-refractivity contribution in [2.45, 2.75) is 19.4 Å². The Bertz CT molecular complexity index is 572. The molecular formula is C14H17N3O5. The van der Waals surface area contributed by atoms with Gasteiger partial charge in [-0.25, -0.2) is 0 Å². The van der Waals surface area contributed by atoms with E-state index in [0.717, 1.165) is 0 Å². The van der Waals surface area contributed by atoms with Gasteiger partial charge >= 0.3 is 5.97 Å². The van der Waals surface area contributed by atoms with E-state index < -0.39 is 16.9 Å². The maximum absolute atomic E-state index is 12.0. The average Bonchev–Trinajstić information content (AvgIpc) is 2.49. The summed E-state index contributed by atoms with van der Waals surface area (Å²) >= 11 is 0. The highest BCUT2D eigenvalue weighted by molar-refractivity contribution is 5.94. The Hall–Kier alpha value is -2.48. The van der Waals surface area contributed by atoms with E-state index in [1.807, 2.05) is 11.8 Å². The topological polar surface area (TPSA) is 102 Å². The quantitative estimate of drug-likeness (QED) is 0.498. The van der Waals surface area contributed by atoms with Crippen molar-refractivity contribution in [2.75, 3.05) is 25.0 Å². The molecule has 0 aromatic heterocycles. The highest BCUT2D eigenvalue weighted by atomic mass is 16.6. The van der Waals surface area contributed by atoms with Crippen molar-refractivity contribution in [3.8, 4) is 0 Å². The van der Waals surface area contributed by atoms with E-state index in [-0.39, 0.29) is 18.0 Å². The van der Waals surface area contributed by atoms with Crippen molar-refractivity contribution in [3.63, 3.8) is 0 Å². The highest BCUT2D eigenvalue weighted by Gasteiger charge is 2.32. The minimum absolute atomic E-state index is 0.0103. The number of nitro groups is 1. The molecule has 0 unspecified atom stereocenters. The van der Waals surface area contributed by atoms with Gasteiger partial charge in [-0.15, -0.1) is 0 Å². The van der Waals surface area contributed by atoms with E-state index in [2.05, 4.69) is 5.32 Å². The summed E-state index contributed by atoms with van der Waals surface area (Å²) in [6, 6.07) is 4.93. The van der Waals surface area contributed by atoms with Crippen LogP contribution in [0.2, 0.25) is 0 Å². The van der Waals surface area contributed by atoms with E-state index in [0.29, 0.717) is 25.4 Å². The molecule has 1 aromatic rings. The summed E-state index contributed by atoms with van der Waals surface area (Å²) in [4.78, 5) is 35.7. The van der Waals surface area contributed by atoms with Crippen LogP contribution in [-0.4, -0.2) is 47.4 Å². The number of morpholine rings is 1. The Morgan fingerprint density at radius 2 is 2.14 bits per heavy atom. The summed E-state index contributed by atoms with van der Waals surface area (Å²) in [5.74, 6) is -0.733. The predicted octanol–water partition coefficient (Wildman–Crippen LogP) is 1.17. The van der Waals surface area contributed by atoms with Crippen LogP contribution in [0.4, 0.5) is 11.4 Å². The molecule has 8 heteroatoms. The highest BCUT2D eigenvalue weighted by Crippen LogP contribution is 2.17. The second kappa shape index (κ2) is 6.99. The van der Waals surface area contributed by atoms with Crippen LogP contribution < -0.4 is 5.32 Å². The number of nitro benzene ring substituents is 1. The van der Waals surface area contributed by atoms with E-state index in [1.54, 1.807) is 0 Å². The number of esters is 1. The van der Waals surface area contributed by atoms with Crippen LogP contribution in [0.25, 0.3) is 0 Å². The molecule has 1 aromatic carbocycles. The summed E-state index contributed by atoms with van der Waals surface area (Å²) in [7, 11) is 0. The Labute approximate surface area is 127 Å². The van der Waals surface area contributed by atoms with Crippen molar-refractivity contribution in [3.05, 3.63) is 34.4 Å². The Morgan fingerprint density at radius 3 is 2.73 bits per heavy atom. The third-order valence-electron chi connectivity index (χ3n) is 3.48. The molecule has 1 heterocycles. The molecule has 1 N–H and O–H groups in total. The summed E-state index contributed by atoms with van der Waals surface area (Å²) in [6.45, 7) is 3.52. The lowest BCUT2D eigenvalue weighted by atomic mass is 10.1. The SMILES string of the molecule is CCN1CCOC(=O)[C@H]1CC(=O)Nc1ccc([N+](=O)[O-])cc1. The molecule has 1 saturated heterocycles. The fourth-order valence-electron chi connectivity index (χ4n) is 2.31. The number of carbonyl (C=O) groups excluding carboxylic acids is 2. The molecule has 22 heavy (non-hydrogen) atoms. The molecule has 0 spiro atoms.